The van der Waals surface area contributed by atoms with Gasteiger partial charge in [0.2, 0.25) is 0 Å². The van der Waals surface area contributed by atoms with E-state index in [1.165, 1.54) is 20.3 Å². The molecule has 0 aliphatic carbocycles. The van der Waals surface area contributed by atoms with E-state index in [9.17, 15) is 14.4 Å². The molecule has 0 bridgehead atoms. The van der Waals surface area contributed by atoms with Gasteiger partial charge in [-0.05, 0) is 27.7 Å². The van der Waals surface area contributed by atoms with E-state index in [0.29, 0.717) is 12.8 Å². The van der Waals surface area contributed by atoms with Crippen LogP contribution in [0.2, 0.25) is 0 Å². The standard InChI is InChI=1S/2C4H8O.C3H6O.C3H8.C2H6/c2*1-3-4(2)5;1-3(2)4;1-3-2;1-2/h2*3H2,1-2H3;1-2H3;3H2,1-2H3;1-2H3. The fraction of sp³-hybridized carbons (Fsp3) is 0.812. The average molecular weight is 276 g/mol. The van der Waals surface area contributed by atoms with E-state index in [1.807, 2.05) is 27.7 Å². The van der Waals surface area contributed by atoms with Gasteiger partial charge in [0.25, 0.3) is 0 Å². The van der Waals surface area contributed by atoms with Gasteiger partial charge in [0.05, 0.1) is 0 Å². The lowest BCUT2D eigenvalue weighted by atomic mass is 10.4. The predicted molar refractivity (Wildman–Crippen MR) is 85.6 cm³/mol. The van der Waals surface area contributed by atoms with Crippen molar-refractivity contribution in [2.24, 2.45) is 0 Å². The molecule has 0 N–H and O–H groups in total. The molecule has 0 aromatic heterocycles. The summed E-state index contributed by atoms with van der Waals surface area (Å²) in [4.78, 5) is 29.1. The van der Waals surface area contributed by atoms with Crippen LogP contribution in [0.4, 0.5) is 0 Å². The Bertz CT molecular complexity index is 166. The second kappa shape index (κ2) is 36.0. The summed E-state index contributed by atoms with van der Waals surface area (Å²) in [6.07, 6.45) is 2.58. The molecule has 118 valence electrons. The molecule has 0 fully saturated rings. The Morgan fingerprint density at radius 1 is 0.632 bits per heavy atom. The number of hydrogen-bond acceptors (Lipinski definition) is 3. The molecule has 0 aromatic carbocycles. The first-order valence-corrected chi connectivity index (χ1v) is 7.15. The molecule has 0 radical (unpaired) electrons. The molecular formula is C16H36O3. The second-order valence-corrected chi connectivity index (χ2v) is 3.73. The van der Waals surface area contributed by atoms with Gasteiger partial charge in [0.1, 0.15) is 17.3 Å². The van der Waals surface area contributed by atoms with Crippen molar-refractivity contribution < 1.29 is 14.4 Å². The number of carbonyl (C=O) groups is 3. The Balaban J connectivity index is -0.0000000446. The van der Waals surface area contributed by atoms with Crippen molar-refractivity contribution in [3.63, 3.8) is 0 Å². The molecule has 3 nitrogen and oxygen atoms in total. The number of Topliss-reactive ketones (excluding diaryl/α,β-unsaturated/α-hetero) is 3. The smallest absolute Gasteiger partial charge is 0.129 e. The van der Waals surface area contributed by atoms with E-state index in [2.05, 4.69) is 13.8 Å². The Morgan fingerprint density at radius 3 is 0.684 bits per heavy atom. The molecule has 0 rings (SSSR count). The quantitative estimate of drug-likeness (QED) is 0.712. The van der Waals surface area contributed by atoms with Crippen molar-refractivity contribution >= 4 is 17.3 Å². The van der Waals surface area contributed by atoms with Crippen molar-refractivity contribution in [1.82, 2.24) is 0 Å². The van der Waals surface area contributed by atoms with Gasteiger partial charge in [-0.3, -0.25) is 0 Å². The lowest BCUT2D eigenvalue weighted by molar-refractivity contribution is -0.117. The molecule has 0 aromatic rings. The van der Waals surface area contributed by atoms with Crippen molar-refractivity contribution in [3.8, 4) is 0 Å². The van der Waals surface area contributed by atoms with Crippen LogP contribution in [0.3, 0.4) is 0 Å². The first-order valence-electron chi connectivity index (χ1n) is 7.15. The summed E-state index contributed by atoms with van der Waals surface area (Å²) in [6.45, 7) is 18.2. The molecule has 0 aliphatic rings. The lowest BCUT2D eigenvalue weighted by Crippen LogP contribution is -1.80. The topological polar surface area (TPSA) is 51.2 Å². The SMILES string of the molecule is CC.CC(C)=O.CCC.CCC(C)=O.CCC(C)=O. The monoisotopic (exact) mass is 276 g/mol. The van der Waals surface area contributed by atoms with Crippen LogP contribution in [0.1, 0.15) is 88.5 Å². The maximum Gasteiger partial charge on any atom is 0.129 e. The van der Waals surface area contributed by atoms with Gasteiger partial charge in [0, 0.05) is 12.8 Å². The van der Waals surface area contributed by atoms with Crippen LogP contribution in [0.15, 0.2) is 0 Å². The Hall–Kier alpha value is -0.990. The molecule has 0 spiro atoms. The van der Waals surface area contributed by atoms with Gasteiger partial charge in [-0.25, -0.2) is 0 Å². The Labute approximate surface area is 121 Å². The van der Waals surface area contributed by atoms with Crippen LogP contribution in [0.5, 0.6) is 0 Å². The summed E-state index contributed by atoms with van der Waals surface area (Å²) < 4.78 is 0. The normalized spacial score (nSPS) is 6.63. The highest BCUT2D eigenvalue weighted by atomic mass is 16.1. The van der Waals surface area contributed by atoms with Gasteiger partial charge in [-0.15, -0.1) is 0 Å². The highest BCUT2D eigenvalue weighted by Crippen LogP contribution is 1.72. The zero-order valence-corrected chi connectivity index (χ0v) is 14.8. The summed E-state index contributed by atoms with van der Waals surface area (Å²) in [5, 5.41) is 0. The van der Waals surface area contributed by atoms with Crippen LogP contribution < -0.4 is 0 Å². The third-order valence-corrected chi connectivity index (χ3v) is 0.996. The summed E-state index contributed by atoms with van der Waals surface area (Å²) in [5.41, 5.74) is 0. The first kappa shape index (κ1) is 30.8. The maximum absolute atomic E-state index is 9.81. The summed E-state index contributed by atoms with van der Waals surface area (Å²) in [7, 11) is 0. The van der Waals surface area contributed by atoms with Crippen LogP contribution in [0, 0.1) is 0 Å². The van der Waals surface area contributed by atoms with Gasteiger partial charge in [-0.2, -0.15) is 0 Å². The van der Waals surface area contributed by atoms with E-state index < -0.39 is 0 Å². The average Bonchev–Trinajstić information content (AvgIpc) is 2.32. The molecular weight excluding hydrogens is 240 g/mol. The Kier molecular flexibility index (Phi) is 58.3. The second-order valence-electron chi connectivity index (χ2n) is 3.73. The molecule has 0 aliphatic heterocycles. The van der Waals surface area contributed by atoms with Gasteiger partial charge in [-0.1, -0.05) is 48.0 Å². The van der Waals surface area contributed by atoms with Crippen LogP contribution in [0.25, 0.3) is 0 Å². The molecule has 0 atom stereocenters. The number of hydrogen-bond donors (Lipinski definition) is 0. The third-order valence-electron chi connectivity index (χ3n) is 0.996. The summed E-state index contributed by atoms with van der Waals surface area (Å²) in [5.74, 6) is 0.676. The third kappa shape index (κ3) is 423. The minimum Gasteiger partial charge on any atom is -0.300 e. The number of ketones is 3. The fourth-order valence-electron chi connectivity index (χ4n) is 0. The molecule has 0 saturated carbocycles. The van der Waals surface area contributed by atoms with E-state index in [0.717, 1.165) is 0 Å². The molecule has 0 amide bonds. The molecule has 3 heteroatoms. The molecule has 0 saturated heterocycles. The number of carbonyl (C=O) groups excluding carboxylic acids is 3. The molecule has 19 heavy (non-hydrogen) atoms. The van der Waals surface area contributed by atoms with Crippen LogP contribution in [-0.4, -0.2) is 17.3 Å². The summed E-state index contributed by atoms with van der Waals surface area (Å²) >= 11 is 0. The highest BCUT2D eigenvalue weighted by molar-refractivity contribution is 5.75. The van der Waals surface area contributed by atoms with Crippen LogP contribution >= 0.6 is 0 Å². The zero-order valence-electron chi connectivity index (χ0n) is 14.8. The first-order chi connectivity index (χ1) is 8.69. The van der Waals surface area contributed by atoms with Crippen molar-refractivity contribution in [1.29, 1.82) is 0 Å². The largest absolute Gasteiger partial charge is 0.300 e. The Morgan fingerprint density at radius 2 is 0.684 bits per heavy atom. The number of rotatable bonds is 2. The van der Waals surface area contributed by atoms with E-state index in [-0.39, 0.29) is 17.3 Å². The fourth-order valence-corrected chi connectivity index (χ4v) is 0. The minimum absolute atomic E-state index is 0.167. The van der Waals surface area contributed by atoms with Gasteiger partial charge in [0.15, 0.2) is 0 Å². The van der Waals surface area contributed by atoms with Gasteiger partial charge >= 0.3 is 0 Å². The van der Waals surface area contributed by atoms with Crippen LogP contribution in [-0.2, 0) is 14.4 Å². The van der Waals surface area contributed by atoms with E-state index in [4.69, 9.17) is 0 Å². The summed E-state index contributed by atoms with van der Waals surface area (Å²) in [6, 6.07) is 0. The van der Waals surface area contributed by atoms with Crippen molar-refractivity contribution in [2.75, 3.05) is 0 Å². The van der Waals surface area contributed by atoms with Crippen molar-refractivity contribution in [3.05, 3.63) is 0 Å². The van der Waals surface area contributed by atoms with E-state index >= 15 is 0 Å². The van der Waals surface area contributed by atoms with Gasteiger partial charge < -0.3 is 14.4 Å². The molecule has 0 heterocycles. The minimum atomic E-state index is 0.167. The molecule has 0 unspecified atom stereocenters. The zero-order chi connectivity index (χ0) is 16.9. The lowest BCUT2D eigenvalue weighted by Gasteiger charge is -1.71. The van der Waals surface area contributed by atoms with E-state index in [1.54, 1.807) is 13.8 Å². The van der Waals surface area contributed by atoms with Crippen molar-refractivity contribution in [2.45, 2.75) is 88.5 Å². The highest BCUT2D eigenvalue weighted by Gasteiger charge is 1.77. The maximum atomic E-state index is 9.81. The predicted octanol–water partition coefficient (Wildman–Crippen LogP) is 5.01.